The highest BCUT2D eigenvalue weighted by atomic mass is 16.5. The van der Waals surface area contributed by atoms with Crippen molar-refractivity contribution in [2.75, 3.05) is 26.4 Å². The van der Waals surface area contributed by atoms with Crippen molar-refractivity contribution >= 4 is 0 Å². The van der Waals surface area contributed by atoms with Crippen molar-refractivity contribution in [3.63, 3.8) is 0 Å². The summed E-state index contributed by atoms with van der Waals surface area (Å²) in [5.74, 6) is 0. The van der Waals surface area contributed by atoms with E-state index in [1.807, 2.05) is 0 Å². The zero-order valence-electron chi connectivity index (χ0n) is 13.1. The predicted molar refractivity (Wildman–Crippen MR) is 79.5 cm³/mol. The molecule has 0 aliphatic carbocycles. The molecule has 24 heavy (non-hydrogen) atoms. The van der Waals surface area contributed by atoms with Crippen LogP contribution in [0.2, 0.25) is 0 Å². The molecule has 138 valence electrons. The number of ether oxygens (including phenoxy) is 2. The minimum Gasteiger partial charge on any atom is -0.394 e. The Kier molecular flexibility index (Phi) is 9.83. The van der Waals surface area contributed by atoms with E-state index in [4.69, 9.17) is 29.9 Å². The summed E-state index contributed by atoms with van der Waals surface area (Å²) in [5, 5.41) is 54.7. The Hall–Kier alpha value is -1.24. The first-order valence-electron chi connectivity index (χ1n) is 7.38. The Morgan fingerprint density at radius 2 is 1.17 bits per heavy atom. The first kappa shape index (κ1) is 20.8. The maximum absolute atomic E-state index is 9.44. The molecule has 0 fully saturated rings. The van der Waals surface area contributed by atoms with Crippen molar-refractivity contribution in [2.24, 2.45) is 0 Å². The third kappa shape index (κ3) is 6.71. The van der Waals surface area contributed by atoms with Gasteiger partial charge in [0.15, 0.2) is 0 Å². The van der Waals surface area contributed by atoms with Gasteiger partial charge in [0.05, 0.1) is 63.4 Å². The Bertz CT molecular complexity index is 427. The van der Waals surface area contributed by atoms with Gasteiger partial charge in [0, 0.05) is 0 Å². The van der Waals surface area contributed by atoms with Gasteiger partial charge in [-0.1, -0.05) is 0 Å². The monoisotopic (exact) mass is 348 g/mol. The quantitative estimate of drug-likeness (QED) is 0.228. The molecule has 0 aliphatic rings. The second-order valence-corrected chi connectivity index (χ2v) is 5.07. The number of nitrogens with zero attached hydrogens (tertiary/aromatic N) is 2. The lowest BCUT2D eigenvalue weighted by atomic mass is 10.2. The summed E-state index contributed by atoms with van der Waals surface area (Å²) in [5.41, 5.74) is 0.811. The Morgan fingerprint density at radius 3 is 1.50 bits per heavy atom. The van der Waals surface area contributed by atoms with Crippen LogP contribution in [0.3, 0.4) is 0 Å². The molecule has 0 saturated heterocycles. The van der Waals surface area contributed by atoms with Crippen LogP contribution in [-0.2, 0) is 22.7 Å². The zero-order valence-corrected chi connectivity index (χ0v) is 13.1. The SMILES string of the molecule is OCC(O)C(CO)OCc1cncc(COC(CO)C(O)CO)n1. The highest BCUT2D eigenvalue weighted by molar-refractivity contribution is 5.01. The van der Waals surface area contributed by atoms with Crippen LogP contribution in [0.5, 0.6) is 0 Å². The largest absolute Gasteiger partial charge is 0.394 e. The Labute approximate surface area is 139 Å². The maximum Gasteiger partial charge on any atom is 0.109 e. The third-order valence-corrected chi connectivity index (χ3v) is 3.22. The van der Waals surface area contributed by atoms with Crippen molar-refractivity contribution < 1.29 is 40.1 Å². The minimum atomic E-state index is -1.21. The molecule has 4 unspecified atom stereocenters. The van der Waals surface area contributed by atoms with Gasteiger partial charge < -0.3 is 40.1 Å². The molecular formula is C14H24N2O8. The summed E-state index contributed by atoms with van der Waals surface area (Å²) >= 11 is 0. The van der Waals surface area contributed by atoms with Crippen LogP contribution in [0.1, 0.15) is 11.4 Å². The first-order chi connectivity index (χ1) is 11.5. The molecule has 0 amide bonds. The van der Waals surface area contributed by atoms with E-state index in [1.54, 1.807) is 0 Å². The van der Waals surface area contributed by atoms with Gasteiger partial charge in [0.25, 0.3) is 0 Å². The summed E-state index contributed by atoms with van der Waals surface area (Å²) < 4.78 is 10.5. The molecule has 1 rings (SSSR count). The number of aliphatic hydroxyl groups is 6. The topological polar surface area (TPSA) is 166 Å². The van der Waals surface area contributed by atoms with Gasteiger partial charge >= 0.3 is 0 Å². The molecule has 1 aromatic heterocycles. The van der Waals surface area contributed by atoms with Crippen molar-refractivity contribution in [2.45, 2.75) is 37.6 Å². The average molecular weight is 348 g/mol. The van der Waals surface area contributed by atoms with E-state index in [0.29, 0.717) is 11.4 Å². The minimum absolute atomic E-state index is 0.0498. The third-order valence-electron chi connectivity index (χ3n) is 3.22. The summed E-state index contributed by atoms with van der Waals surface area (Å²) in [6.45, 7) is -2.11. The van der Waals surface area contributed by atoms with E-state index in [1.165, 1.54) is 12.4 Å². The summed E-state index contributed by atoms with van der Waals surface area (Å²) in [6, 6.07) is 0. The molecule has 0 radical (unpaired) electrons. The summed E-state index contributed by atoms with van der Waals surface area (Å²) in [4.78, 5) is 8.14. The molecule has 1 aromatic rings. The van der Waals surface area contributed by atoms with Crippen LogP contribution >= 0.6 is 0 Å². The molecule has 0 bridgehead atoms. The lowest BCUT2D eigenvalue weighted by molar-refractivity contribution is -0.0887. The van der Waals surface area contributed by atoms with Gasteiger partial charge in [0.2, 0.25) is 0 Å². The van der Waals surface area contributed by atoms with Crippen LogP contribution in [0.15, 0.2) is 12.4 Å². The van der Waals surface area contributed by atoms with Gasteiger partial charge in [-0.25, -0.2) is 4.98 Å². The molecule has 10 heteroatoms. The number of aliphatic hydroxyl groups excluding tert-OH is 6. The fraction of sp³-hybridized carbons (Fsp3) is 0.714. The Morgan fingerprint density at radius 1 is 0.750 bits per heavy atom. The maximum atomic E-state index is 9.44. The van der Waals surface area contributed by atoms with Crippen LogP contribution < -0.4 is 0 Å². The highest BCUT2D eigenvalue weighted by Crippen LogP contribution is 2.07. The van der Waals surface area contributed by atoms with Gasteiger partial charge in [-0.2, -0.15) is 0 Å². The molecule has 10 nitrogen and oxygen atoms in total. The smallest absolute Gasteiger partial charge is 0.109 e. The van der Waals surface area contributed by atoms with Gasteiger partial charge in [-0.05, 0) is 0 Å². The molecule has 0 aromatic carbocycles. The predicted octanol–water partition coefficient (Wildman–Crippen LogP) is -3.06. The molecule has 0 saturated carbocycles. The highest BCUT2D eigenvalue weighted by Gasteiger charge is 2.20. The van der Waals surface area contributed by atoms with E-state index in [2.05, 4.69) is 9.97 Å². The van der Waals surface area contributed by atoms with Crippen LogP contribution in [0.4, 0.5) is 0 Å². The van der Waals surface area contributed by atoms with Crippen molar-refractivity contribution in [1.82, 2.24) is 9.97 Å². The number of aromatic nitrogens is 2. The van der Waals surface area contributed by atoms with Crippen LogP contribution in [-0.4, -0.2) is 91.5 Å². The van der Waals surface area contributed by atoms with Crippen molar-refractivity contribution in [1.29, 1.82) is 0 Å². The lowest BCUT2D eigenvalue weighted by Gasteiger charge is -2.20. The van der Waals surface area contributed by atoms with Crippen molar-refractivity contribution in [3.05, 3.63) is 23.8 Å². The second kappa shape index (κ2) is 11.3. The van der Waals surface area contributed by atoms with E-state index in [-0.39, 0.29) is 13.2 Å². The van der Waals surface area contributed by atoms with Gasteiger partial charge in [-0.15, -0.1) is 0 Å². The molecule has 1 heterocycles. The first-order valence-corrected chi connectivity index (χ1v) is 7.38. The number of hydrogen-bond acceptors (Lipinski definition) is 10. The standard InChI is InChI=1S/C14H24N2O8/c17-3-11(21)13(5-19)23-7-9-1-15-2-10(16-9)8-24-14(6-20)12(22)4-18/h1-2,11-14,17-22H,3-8H2. The van der Waals surface area contributed by atoms with Crippen molar-refractivity contribution in [3.8, 4) is 0 Å². The number of hydrogen-bond donors (Lipinski definition) is 6. The fourth-order valence-electron chi connectivity index (χ4n) is 1.78. The molecule has 0 aliphatic heterocycles. The van der Waals surface area contributed by atoms with E-state index in [9.17, 15) is 10.2 Å². The average Bonchev–Trinajstić information content (AvgIpc) is 2.62. The summed E-state index contributed by atoms with van der Waals surface area (Å²) in [7, 11) is 0. The second-order valence-electron chi connectivity index (χ2n) is 5.07. The normalized spacial score (nSPS) is 16.6. The lowest BCUT2D eigenvalue weighted by Crippen LogP contribution is -2.35. The Balaban J connectivity index is 2.57. The summed E-state index contributed by atoms with van der Waals surface area (Å²) in [6.07, 6.45) is -1.46. The molecule has 0 spiro atoms. The zero-order chi connectivity index (χ0) is 17.9. The van der Waals surface area contributed by atoms with E-state index in [0.717, 1.165) is 0 Å². The van der Waals surface area contributed by atoms with E-state index < -0.39 is 50.8 Å². The number of rotatable bonds is 12. The fourth-order valence-corrected chi connectivity index (χ4v) is 1.78. The van der Waals surface area contributed by atoms with Gasteiger partial charge in [0.1, 0.15) is 24.4 Å². The van der Waals surface area contributed by atoms with E-state index >= 15 is 0 Å². The molecule has 6 N–H and O–H groups in total. The van der Waals surface area contributed by atoms with Crippen LogP contribution in [0, 0.1) is 0 Å². The molecular weight excluding hydrogens is 324 g/mol. The molecule has 4 atom stereocenters. The van der Waals surface area contributed by atoms with Crippen LogP contribution in [0.25, 0.3) is 0 Å². The van der Waals surface area contributed by atoms with Gasteiger partial charge in [-0.3, -0.25) is 4.98 Å².